The number of carboxylic acid groups (broad SMARTS) is 1. The highest BCUT2D eigenvalue weighted by Crippen LogP contribution is 2.34. The van der Waals surface area contributed by atoms with Crippen molar-refractivity contribution in [1.82, 2.24) is 25.5 Å². The summed E-state index contributed by atoms with van der Waals surface area (Å²) in [6.45, 7) is 1.81. The molecule has 1 aromatic heterocycles. The SMILES string of the molecule is CC1(NC(=O)c2cccc(-n3cnnn3)c2)CCCCC1C(=O)O. The van der Waals surface area contributed by atoms with Gasteiger partial charge in [0, 0.05) is 5.56 Å². The fourth-order valence-electron chi connectivity index (χ4n) is 3.28. The Morgan fingerprint density at radius 2 is 2.21 bits per heavy atom. The van der Waals surface area contributed by atoms with E-state index >= 15 is 0 Å². The van der Waals surface area contributed by atoms with Crippen LogP contribution >= 0.6 is 0 Å². The number of hydrogen-bond acceptors (Lipinski definition) is 5. The predicted molar refractivity (Wildman–Crippen MR) is 84.6 cm³/mol. The van der Waals surface area contributed by atoms with Crippen molar-refractivity contribution in [2.45, 2.75) is 38.1 Å². The van der Waals surface area contributed by atoms with E-state index in [1.54, 1.807) is 24.3 Å². The Morgan fingerprint density at radius 1 is 1.38 bits per heavy atom. The van der Waals surface area contributed by atoms with Crippen molar-refractivity contribution >= 4 is 11.9 Å². The second-order valence-corrected chi connectivity index (χ2v) is 6.31. The summed E-state index contributed by atoms with van der Waals surface area (Å²) in [7, 11) is 0. The van der Waals surface area contributed by atoms with E-state index in [0.717, 1.165) is 12.8 Å². The van der Waals surface area contributed by atoms with Gasteiger partial charge in [0.1, 0.15) is 6.33 Å². The number of nitrogens with one attached hydrogen (secondary N) is 1. The Kier molecular flexibility index (Phi) is 4.28. The molecule has 0 saturated heterocycles. The predicted octanol–water partition coefficient (Wildman–Crippen LogP) is 1.43. The Hall–Kier alpha value is -2.77. The molecule has 1 saturated carbocycles. The molecule has 0 radical (unpaired) electrons. The third kappa shape index (κ3) is 3.12. The molecule has 1 heterocycles. The minimum Gasteiger partial charge on any atom is -0.481 e. The van der Waals surface area contributed by atoms with Crippen molar-refractivity contribution in [3.8, 4) is 5.69 Å². The highest BCUT2D eigenvalue weighted by molar-refractivity contribution is 5.95. The molecule has 2 N–H and O–H groups in total. The first-order valence-corrected chi connectivity index (χ1v) is 7.88. The van der Waals surface area contributed by atoms with Gasteiger partial charge in [-0.3, -0.25) is 9.59 Å². The molecule has 8 nitrogen and oxygen atoms in total. The topological polar surface area (TPSA) is 110 Å². The molecule has 1 amide bonds. The van der Waals surface area contributed by atoms with Crippen LogP contribution in [0.2, 0.25) is 0 Å². The highest BCUT2D eigenvalue weighted by atomic mass is 16.4. The van der Waals surface area contributed by atoms with Gasteiger partial charge in [0.2, 0.25) is 0 Å². The summed E-state index contributed by atoms with van der Waals surface area (Å²) < 4.78 is 1.46. The monoisotopic (exact) mass is 329 g/mol. The molecule has 1 aliphatic carbocycles. The van der Waals surface area contributed by atoms with E-state index in [9.17, 15) is 14.7 Å². The number of carboxylic acids is 1. The molecule has 24 heavy (non-hydrogen) atoms. The fourth-order valence-corrected chi connectivity index (χ4v) is 3.28. The van der Waals surface area contributed by atoms with Crippen LogP contribution in [0, 0.1) is 5.92 Å². The van der Waals surface area contributed by atoms with E-state index in [4.69, 9.17) is 0 Å². The summed E-state index contributed by atoms with van der Waals surface area (Å²) in [5.41, 5.74) is 0.363. The van der Waals surface area contributed by atoms with Gasteiger partial charge >= 0.3 is 5.97 Å². The molecule has 0 spiro atoms. The van der Waals surface area contributed by atoms with Crippen LogP contribution in [-0.2, 0) is 4.79 Å². The standard InChI is InChI=1S/C16H19N5O3/c1-16(8-3-2-7-13(16)15(23)24)18-14(22)11-5-4-6-12(9-11)21-10-17-19-20-21/h4-6,9-10,13H,2-3,7-8H2,1H3,(H,18,22)(H,23,24). The van der Waals surface area contributed by atoms with Crippen molar-refractivity contribution in [1.29, 1.82) is 0 Å². The van der Waals surface area contributed by atoms with Gasteiger partial charge in [-0.1, -0.05) is 18.9 Å². The number of rotatable bonds is 4. The van der Waals surface area contributed by atoms with Gasteiger partial charge in [0.25, 0.3) is 5.91 Å². The van der Waals surface area contributed by atoms with Gasteiger partial charge in [-0.25, -0.2) is 4.68 Å². The lowest BCUT2D eigenvalue weighted by atomic mass is 9.73. The minimum absolute atomic E-state index is 0.291. The smallest absolute Gasteiger partial charge is 0.308 e. The number of amides is 1. The van der Waals surface area contributed by atoms with Crippen LogP contribution in [0.3, 0.4) is 0 Å². The van der Waals surface area contributed by atoms with E-state index in [2.05, 4.69) is 20.8 Å². The first kappa shape index (κ1) is 16.1. The van der Waals surface area contributed by atoms with Gasteiger partial charge in [0.05, 0.1) is 17.1 Å². The van der Waals surface area contributed by atoms with Crippen LogP contribution in [0.25, 0.3) is 5.69 Å². The second kappa shape index (κ2) is 6.38. The maximum atomic E-state index is 12.6. The lowest BCUT2D eigenvalue weighted by Gasteiger charge is -2.39. The molecule has 1 aliphatic rings. The van der Waals surface area contributed by atoms with Gasteiger partial charge in [-0.15, -0.1) is 5.10 Å². The van der Waals surface area contributed by atoms with E-state index in [-0.39, 0.29) is 5.91 Å². The highest BCUT2D eigenvalue weighted by Gasteiger charge is 2.42. The Balaban J connectivity index is 1.82. The number of benzene rings is 1. The quantitative estimate of drug-likeness (QED) is 0.878. The molecule has 8 heteroatoms. The zero-order valence-electron chi connectivity index (χ0n) is 13.3. The lowest BCUT2D eigenvalue weighted by Crippen LogP contribution is -2.55. The Labute approximate surface area is 138 Å². The molecule has 3 rings (SSSR count). The van der Waals surface area contributed by atoms with E-state index in [1.165, 1.54) is 11.0 Å². The molecular formula is C16H19N5O3. The minimum atomic E-state index is -0.861. The molecule has 1 fully saturated rings. The van der Waals surface area contributed by atoms with Crippen molar-refractivity contribution in [2.75, 3.05) is 0 Å². The van der Waals surface area contributed by atoms with Gasteiger partial charge in [-0.2, -0.15) is 0 Å². The summed E-state index contributed by atoms with van der Waals surface area (Å²) >= 11 is 0. The third-order valence-electron chi connectivity index (χ3n) is 4.63. The van der Waals surface area contributed by atoms with Crippen LogP contribution < -0.4 is 5.32 Å². The summed E-state index contributed by atoms with van der Waals surface area (Å²) in [5, 5.41) is 23.3. The molecule has 1 aromatic carbocycles. The number of aliphatic carboxylic acids is 1. The Morgan fingerprint density at radius 3 is 2.92 bits per heavy atom. The van der Waals surface area contributed by atoms with Crippen molar-refractivity contribution in [3.63, 3.8) is 0 Å². The zero-order chi connectivity index (χ0) is 17.2. The zero-order valence-corrected chi connectivity index (χ0v) is 13.3. The number of nitrogens with zero attached hydrogens (tertiary/aromatic N) is 4. The van der Waals surface area contributed by atoms with Crippen LogP contribution in [0.15, 0.2) is 30.6 Å². The van der Waals surface area contributed by atoms with Crippen molar-refractivity contribution < 1.29 is 14.7 Å². The van der Waals surface area contributed by atoms with Crippen LogP contribution in [0.4, 0.5) is 0 Å². The van der Waals surface area contributed by atoms with Crippen LogP contribution in [0.5, 0.6) is 0 Å². The molecule has 2 aromatic rings. The van der Waals surface area contributed by atoms with Gasteiger partial charge in [-0.05, 0) is 48.4 Å². The normalized spacial score (nSPS) is 23.6. The molecule has 0 bridgehead atoms. The molecular weight excluding hydrogens is 310 g/mol. The number of aromatic nitrogens is 4. The van der Waals surface area contributed by atoms with Gasteiger partial charge in [0.15, 0.2) is 0 Å². The molecule has 2 atom stereocenters. The maximum absolute atomic E-state index is 12.6. The third-order valence-corrected chi connectivity index (χ3v) is 4.63. The molecule has 126 valence electrons. The summed E-state index contributed by atoms with van der Waals surface area (Å²) in [6, 6.07) is 6.89. The summed E-state index contributed by atoms with van der Waals surface area (Å²) in [5.74, 6) is -1.72. The number of carbonyl (C=O) groups excluding carboxylic acids is 1. The van der Waals surface area contributed by atoms with E-state index in [1.807, 2.05) is 6.92 Å². The number of hydrogen-bond donors (Lipinski definition) is 2. The molecule has 2 unspecified atom stereocenters. The van der Waals surface area contributed by atoms with Crippen LogP contribution in [-0.4, -0.2) is 42.7 Å². The van der Waals surface area contributed by atoms with Gasteiger partial charge < -0.3 is 10.4 Å². The second-order valence-electron chi connectivity index (χ2n) is 6.31. The average Bonchev–Trinajstić information content (AvgIpc) is 3.09. The summed E-state index contributed by atoms with van der Waals surface area (Å²) in [4.78, 5) is 24.2. The van der Waals surface area contributed by atoms with Crippen molar-refractivity contribution in [2.24, 2.45) is 5.92 Å². The average molecular weight is 329 g/mol. The van der Waals surface area contributed by atoms with E-state index < -0.39 is 17.4 Å². The lowest BCUT2D eigenvalue weighted by molar-refractivity contribution is -0.145. The first-order valence-electron chi connectivity index (χ1n) is 7.88. The maximum Gasteiger partial charge on any atom is 0.308 e. The van der Waals surface area contributed by atoms with E-state index in [0.29, 0.717) is 24.1 Å². The molecule has 0 aliphatic heterocycles. The summed E-state index contributed by atoms with van der Waals surface area (Å²) in [6.07, 6.45) is 4.46. The Bertz CT molecular complexity index is 746. The van der Waals surface area contributed by atoms with Crippen molar-refractivity contribution in [3.05, 3.63) is 36.2 Å². The number of carbonyl (C=O) groups is 2. The largest absolute Gasteiger partial charge is 0.481 e. The van der Waals surface area contributed by atoms with Crippen LogP contribution in [0.1, 0.15) is 43.0 Å². The number of tetrazole rings is 1. The fraction of sp³-hybridized carbons (Fsp3) is 0.438. The first-order chi connectivity index (χ1) is 11.5.